The van der Waals surface area contributed by atoms with Gasteiger partial charge in [0.25, 0.3) is 11.6 Å². The number of nitro groups is 1. The van der Waals surface area contributed by atoms with Crippen LogP contribution in [0.1, 0.15) is 18.1 Å². The number of carbonyl (C=O) groups is 3. The molecule has 2 aromatic rings. The van der Waals surface area contributed by atoms with E-state index in [1.807, 2.05) is 6.92 Å². The second kappa shape index (κ2) is 7.51. The van der Waals surface area contributed by atoms with Gasteiger partial charge in [-0.25, -0.2) is 4.79 Å². The molecule has 2 aromatic carbocycles. The molecule has 10 heteroatoms. The Kier molecular flexibility index (Phi) is 5.25. The smallest absolute Gasteiger partial charge is 0.323 e. The van der Waals surface area contributed by atoms with E-state index in [9.17, 15) is 24.5 Å². The molecule has 150 valence electrons. The van der Waals surface area contributed by atoms with Crippen molar-refractivity contribution in [2.75, 3.05) is 11.9 Å². The summed E-state index contributed by atoms with van der Waals surface area (Å²) in [4.78, 5) is 48.6. The number of hydrogen-bond acceptors (Lipinski definition) is 5. The van der Waals surface area contributed by atoms with E-state index >= 15 is 0 Å². The molecule has 0 bridgehead atoms. The largest absolute Gasteiger partial charge is 0.325 e. The Bertz CT molecular complexity index is 1020. The highest BCUT2D eigenvalue weighted by Crippen LogP contribution is 2.30. The Morgan fingerprint density at radius 2 is 1.90 bits per heavy atom. The molecule has 0 aromatic heterocycles. The molecular formula is C19H17ClN4O5. The average Bonchev–Trinajstić information content (AvgIpc) is 2.88. The second-order valence-corrected chi connectivity index (χ2v) is 7.19. The number of nitrogens with one attached hydrogen (secondary N) is 2. The number of rotatable bonds is 5. The summed E-state index contributed by atoms with van der Waals surface area (Å²) < 4.78 is 0. The lowest BCUT2D eigenvalue weighted by molar-refractivity contribution is -0.384. The molecule has 0 unspecified atom stereocenters. The van der Waals surface area contributed by atoms with Gasteiger partial charge in [-0.3, -0.25) is 24.6 Å². The maximum absolute atomic E-state index is 12.9. The monoisotopic (exact) mass is 416 g/mol. The molecule has 0 spiro atoms. The van der Waals surface area contributed by atoms with Crippen molar-refractivity contribution in [3.05, 3.63) is 68.7 Å². The minimum Gasteiger partial charge on any atom is -0.323 e. The van der Waals surface area contributed by atoms with Gasteiger partial charge in [-0.05, 0) is 49.2 Å². The van der Waals surface area contributed by atoms with Crippen LogP contribution in [0.25, 0.3) is 0 Å². The van der Waals surface area contributed by atoms with Crippen LogP contribution in [0.2, 0.25) is 5.02 Å². The van der Waals surface area contributed by atoms with Gasteiger partial charge in [0.1, 0.15) is 12.1 Å². The van der Waals surface area contributed by atoms with E-state index in [0.29, 0.717) is 16.3 Å². The van der Waals surface area contributed by atoms with Crippen LogP contribution in [0, 0.1) is 17.0 Å². The molecule has 1 aliphatic heterocycles. The lowest BCUT2D eigenvalue weighted by Gasteiger charge is -2.22. The number of halogens is 1. The average molecular weight is 417 g/mol. The molecule has 1 atom stereocenters. The Balaban J connectivity index is 1.75. The van der Waals surface area contributed by atoms with Gasteiger partial charge in [-0.15, -0.1) is 0 Å². The molecule has 0 saturated carbocycles. The van der Waals surface area contributed by atoms with Crippen LogP contribution < -0.4 is 10.6 Å². The summed E-state index contributed by atoms with van der Waals surface area (Å²) in [6.07, 6.45) is 0. The third-order valence-electron chi connectivity index (χ3n) is 4.63. The highest BCUT2D eigenvalue weighted by atomic mass is 35.5. The van der Waals surface area contributed by atoms with Gasteiger partial charge in [-0.1, -0.05) is 17.7 Å². The molecule has 1 fully saturated rings. The molecule has 0 radical (unpaired) electrons. The topological polar surface area (TPSA) is 122 Å². The zero-order valence-electron chi connectivity index (χ0n) is 15.6. The van der Waals surface area contributed by atoms with Gasteiger partial charge in [0.05, 0.1) is 15.6 Å². The normalized spacial score (nSPS) is 18.5. The highest BCUT2D eigenvalue weighted by Gasteiger charge is 2.49. The molecule has 0 aliphatic carbocycles. The molecule has 29 heavy (non-hydrogen) atoms. The minimum absolute atomic E-state index is 0.139. The van der Waals surface area contributed by atoms with Gasteiger partial charge >= 0.3 is 6.03 Å². The number of aryl methyl sites for hydroxylation is 1. The van der Waals surface area contributed by atoms with E-state index in [2.05, 4.69) is 10.6 Å². The third-order valence-corrected chi connectivity index (χ3v) is 4.94. The van der Waals surface area contributed by atoms with Crippen molar-refractivity contribution in [3.8, 4) is 0 Å². The number of imide groups is 1. The first-order chi connectivity index (χ1) is 13.6. The number of anilines is 1. The van der Waals surface area contributed by atoms with Crippen LogP contribution in [0.3, 0.4) is 0 Å². The van der Waals surface area contributed by atoms with E-state index in [-0.39, 0.29) is 5.69 Å². The van der Waals surface area contributed by atoms with Gasteiger partial charge in [0.2, 0.25) is 5.91 Å². The van der Waals surface area contributed by atoms with Crippen molar-refractivity contribution < 1.29 is 19.3 Å². The first kappa shape index (κ1) is 20.3. The van der Waals surface area contributed by atoms with Crippen molar-refractivity contribution in [2.45, 2.75) is 19.4 Å². The minimum atomic E-state index is -1.44. The molecule has 9 nitrogen and oxygen atoms in total. The van der Waals surface area contributed by atoms with Crippen LogP contribution in [0.4, 0.5) is 16.2 Å². The Morgan fingerprint density at radius 3 is 2.48 bits per heavy atom. The summed E-state index contributed by atoms with van der Waals surface area (Å²) in [5.74, 6) is -1.23. The fraction of sp³-hybridized carbons (Fsp3) is 0.211. The SMILES string of the molecule is Cc1ccc(NC(=O)CN2C(=O)N[C@@](C)(c3ccc([N+](=O)[O-])cc3)C2=O)c(Cl)c1. The van der Waals surface area contributed by atoms with Crippen LogP contribution in [0.15, 0.2) is 42.5 Å². The van der Waals surface area contributed by atoms with Crippen LogP contribution in [-0.2, 0) is 15.1 Å². The fourth-order valence-electron chi connectivity index (χ4n) is 3.01. The van der Waals surface area contributed by atoms with Crippen LogP contribution in [-0.4, -0.2) is 34.2 Å². The summed E-state index contributed by atoms with van der Waals surface area (Å²) in [5, 5.41) is 16.3. The third kappa shape index (κ3) is 3.90. The molecule has 1 heterocycles. The Labute approximate surface area is 170 Å². The first-order valence-electron chi connectivity index (χ1n) is 8.57. The van der Waals surface area contributed by atoms with Crippen molar-refractivity contribution in [1.82, 2.24) is 10.2 Å². The fourth-order valence-corrected chi connectivity index (χ4v) is 3.29. The number of nitrogens with zero attached hydrogens (tertiary/aromatic N) is 2. The lowest BCUT2D eigenvalue weighted by atomic mass is 9.92. The van der Waals surface area contributed by atoms with Gasteiger partial charge in [-0.2, -0.15) is 0 Å². The maximum Gasteiger partial charge on any atom is 0.325 e. The summed E-state index contributed by atoms with van der Waals surface area (Å²) in [6, 6.07) is 9.61. The Morgan fingerprint density at radius 1 is 1.24 bits per heavy atom. The number of nitro benzene ring substituents is 1. The lowest BCUT2D eigenvalue weighted by Crippen LogP contribution is -2.42. The molecular weight excluding hydrogens is 400 g/mol. The van der Waals surface area contributed by atoms with E-state index in [0.717, 1.165) is 10.5 Å². The molecule has 1 saturated heterocycles. The zero-order valence-corrected chi connectivity index (χ0v) is 16.3. The summed E-state index contributed by atoms with van der Waals surface area (Å²) >= 11 is 6.09. The van der Waals surface area contributed by atoms with E-state index in [1.165, 1.54) is 31.2 Å². The van der Waals surface area contributed by atoms with Crippen molar-refractivity contribution >= 4 is 40.8 Å². The standard InChI is InChI=1S/C19H17ClN4O5/c1-11-3-8-15(14(20)9-11)21-16(25)10-23-17(26)19(2,22-18(23)27)12-4-6-13(7-5-12)24(28)29/h3-9H,10H2,1-2H3,(H,21,25)(H,22,27)/t19-/m0/s1. The maximum atomic E-state index is 12.9. The van der Waals surface area contributed by atoms with Crippen molar-refractivity contribution in [3.63, 3.8) is 0 Å². The van der Waals surface area contributed by atoms with Crippen LogP contribution in [0.5, 0.6) is 0 Å². The predicted octanol–water partition coefficient (Wildman–Crippen LogP) is 2.96. The summed E-state index contributed by atoms with van der Waals surface area (Å²) in [6.45, 7) is 2.82. The quantitative estimate of drug-likeness (QED) is 0.441. The summed E-state index contributed by atoms with van der Waals surface area (Å²) in [5.41, 5.74) is 0.0771. The number of urea groups is 1. The van der Waals surface area contributed by atoms with Gasteiger partial charge < -0.3 is 10.6 Å². The number of carbonyl (C=O) groups excluding carboxylic acids is 3. The number of benzene rings is 2. The number of hydrogen-bond donors (Lipinski definition) is 2. The number of amides is 4. The summed E-state index contributed by atoms with van der Waals surface area (Å²) in [7, 11) is 0. The molecule has 3 rings (SSSR count). The van der Waals surface area contributed by atoms with Gasteiger partial charge in [0.15, 0.2) is 0 Å². The first-order valence-corrected chi connectivity index (χ1v) is 8.94. The van der Waals surface area contributed by atoms with Crippen LogP contribution >= 0.6 is 11.6 Å². The van der Waals surface area contributed by atoms with E-state index in [1.54, 1.807) is 18.2 Å². The molecule has 1 aliphatic rings. The van der Waals surface area contributed by atoms with Crippen molar-refractivity contribution in [1.29, 1.82) is 0 Å². The second-order valence-electron chi connectivity index (χ2n) is 6.78. The zero-order chi connectivity index (χ0) is 21.3. The molecule has 2 N–H and O–H groups in total. The van der Waals surface area contributed by atoms with E-state index < -0.39 is 34.9 Å². The van der Waals surface area contributed by atoms with E-state index in [4.69, 9.17) is 11.6 Å². The predicted molar refractivity (Wildman–Crippen MR) is 106 cm³/mol. The number of non-ortho nitro benzene ring substituents is 1. The highest BCUT2D eigenvalue weighted by molar-refractivity contribution is 6.33. The Hall–Kier alpha value is -3.46. The van der Waals surface area contributed by atoms with Gasteiger partial charge in [0, 0.05) is 12.1 Å². The molecule has 4 amide bonds. The van der Waals surface area contributed by atoms with Crippen molar-refractivity contribution in [2.24, 2.45) is 0 Å².